The van der Waals surface area contributed by atoms with Crippen molar-refractivity contribution in [2.75, 3.05) is 0 Å². The molecule has 1 heterocycles. The normalized spacial score (nSPS) is 11.2. The maximum atomic E-state index is 12.4. The highest BCUT2D eigenvalue weighted by atomic mass is 32.2. The SMILES string of the molecule is N#Cc1ccc(/C=N\NC(=O)c2ccc(CS(=O)(=O)c3ccccc3)o2)cc1. The van der Waals surface area contributed by atoms with Crippen LogP contribution in [-0.2, 0) is 15.6 Å². The van der Waals surface area contributed by atoms with Gasteiger partial charge in [-0.15, -0.1) is 0 Å². The first-order valence-corrected chi connectivity index (χ1v) is 9.83. The molecule has 1 aromatic heterocycles. The molecule has 2 aromatic carbocycles. The van der Waals surface area contributed by atoms with Crippen molar-refractivity contribution in [1.29, 1.82) is 5.26 Å². The maximum absolute atomic E-state index is 12.4. The fraction of sp³-hybridized carbons (Fsp3) is 0.0500. The molecule has 8 heteroatoms. The van der Waals surface area contributed by atoms with Gasteiger partial charge in [0.2, 0.25) is 0 Å². The Kier molecular flexibility index (Phi) is 5.67. The number of nitriles is 1. The topological polar surface area (TPSA) is 113 Å². The van der Waals surface area contributed by atoms with Crippen LogP contribution in [0.2, 0.25) is 0 Å². The summed E-state index contributed by atoms with van der Waals surface area (Å²) in [6.45, 7) is 0. The fourth-order valence-electron chi connectivity index (χ4n) is 2.34. The lowest BCUT2D eigenvalue weighted by Crippen LogP contribution is -2.16. The van der Waals surface area contributed by atoms with Crippen LogP contribution in [0.25, 0.3) is 0 Å². The van der Waals surface area contributed by atoms with Gasteiger partial charge >= 0.3 is 5.91 Å². The molecule has 0 atom stereocenters. The summed E-state index contributed by atoms with van der Waals surface area (Å²) >= 11 is 0. The first-order chi connectivity index (χ1) is 13.5. The number of nitrogens with one attached hydrogen (secondary N) is 1. The van der Waals surface area contributed by atoms with E-state index >= 15 is 0 Å². The zero-order chi connectivity index (χ0) is 20.0. The third-order valence-electron chi connectivity index (χ3n) is 3.74. The Hall–Kier alpha value is -3.70. The molecule has 0 radical (unpaired) electrons. The Morgan fingerprint density at radius 1 is 1.07 bits per heavy atom. The van der Waals surface area contributed by atoms with Crippen LogP contribution in [0, 0.1) is 11.3 Å². The highest BCUT2D eigenvalue weighted by molar-refractivity contribution is 7.90. The Labute approximate surface area is 161 Å². The number of amides is 1. The van der Waals surface area contributed by atoms with E-state index in [-0.39, 0.29) is 22.2 Å². The monoisotopic (exact) mass is 393 g/mol. The van der Waals surface area contributed by atoms with Crippen molar-refractivity contribution in [3.63, 3.8) is 0 Å². The van der Waals surface area contributed by atoms with E-state index in [0.717, 1.165) is 0 Å². The molecule has 0 aliphatic rings. The third kappa shape index (κ3) is 4.72. The summed E-state index contributed by atoms with van der Waals surface area (Å²) in [5.74, 6) is -0.840. The van der Waals surface area contributed by atoms with E-state index in [2.05, 4.69) is 10.5 Å². The molecule has 0 bridgehead atoms. The molecule has 28 heavy (non-hydrogen) atoms. The van der Waals surface area contributed by atoms with Gasteiger partial charge in [0.1, 0.15) is 11.5 Å². The van der Waals surface area contributed by atoms with Gasteiger partial charge in [0.05, 0.1) is 22.7 Å². The van der Waals surface area contributed by atoms with E-state index in [1.165, 1.54) is 30.5 Å². The summed E-state index contributed by atoms with van der Waals surface area (Å²) in [5.41, 5.74) is 3.53. The van der Waals surface area contributed by atoms with E-state index in [4.69, 9.17) is 9.68 Å². The van der Waals surface area contributed by atoms with Gasteiger partial charge in [-0.2, -0.15) is 10.4 Å². The average Bonchev–Trinajstić information content (AvgIpc) is 3.17. The lowest BCUT2D eigenvalue weighted by molar-refractivity contribution is 0.0926. The van der Waals surface area contributed by atoms with Gasteiger partial charge in [-0.3, -0.25) is 4.79 Å². The number of nitrogens with zero attached hydrogens (tertiary/aromatic N) is 2. The molecular formula is C20H15N3O4S. The molecule has 1 N–H and O–H groups in total. The number of furan rings is 1. The molecule has 0 unspecified atom stereocenters. The molecule has 0 saturated heterocycles. The largest absolute Gasteiger partial charge is 0.455 e. The second-order valence-corrected chi connectivity index (χ2v) is 7.76. The van der Waals surface area contributed by atoms with Gasteiger partial charge in [-0.05, 0) is 42.0 Å². The number of hydrogen-bond donors (Lipinski definition) is 1. The minimum Gasteiger partial charge on any atom is -0.455 e. The molecule has 0 saturated carbocycles. The van der Waals surface area contributed by atoms with E-state index < -0.39 is 15.7 Å². The number of hydrazone groups is 1. The van der Waals surface area contributed by atoms with E-state index in [9.17, 15) is 13.2 Å². The van der Waals surface area contributed by atoms with Crippen molar-refractivity contribution in [2.24, 2.45) is 5.10 Å². The average molecular weight is 393 g/mol. The highest BCUT2D eigenvalue weighted by Gasteiger charge is 2.19. The molecule has 7 nitrogen and oxygen atoms in total. The maximum Gasteiger partial charge on any atom is 0.307 e. The highest BCUT2D eigenvalue weighted by Crippen LogP contribution is 2.18. The molecule has 0 fully saturated rings. The summed E-state index contributed by atoms with van der Waals surface area (Å²) < 4.78 is 30.0. The Balaban J connectivity index is 1.62. The molecule has 0 spiro atoms. The summed E-state index contributed by atoms with van der Waals surface area (Å²) in [7, 11) is -3.56. The zero-order valence-corrected chi connectivity index (χ0v) is 15.4. The van der Waals surface area contributed by atoms with Crippen LogP contribution in [0.5, 0.6) is 0 Å². The van der Waals surface area contributed by atoms with Crippen molar-refractivity contribution in [3.8, 4) is 6.07 Å². The number of hydrogen-bond acceptors (Lipinski definition) is 6. The van der Waals surface area contributed by atoms with E-state index in [1.54, 1.807) is 42.5 Å². The molecule has 3 rings (SSSR count). The van der Waals surface area contributed by atoms with Crippen molar-refractivity contribution in [1.82, 2.24) is 5.43 Å². The quantitative estimate of drug-likeness (QED) is 0.511. The Morgan fingerprint density at radius 2 is 1.79 bits per heavy atom. The minimum absolute atomic E-state index is 0.0461. The molecule has 0 aliphatic heterocycles. The first kappa shape index (κ1) is 19.1. The fourth-order valence-corrected chi connectivity index (χ4v) is 3.61. The standard InChI is InChI=1S/C20H15N3O4S/c21-12-15-6-8-16(9-7-15)13-22-23-20(24)19-11-10-17(27-19)14-28(25,26)18-4-2-1-3-5-18/h1-11,13H,14H2,(H,23,24)/b22-13-. The van der Waals surface area contributed by atoms with Crippen LogP contribution in [0.1, 0.15) is 27.4 Å². The number of carbonyl (C=O) groups is 1. The molecule has 3 aromatic rings. The number of carbonyl (C=O) groups excluding carboxylic acids is 1. The first-order valence-electron chi connectivity index (χ1n) is 8.18. The van der Waals surface area contributed by atoms with Crippen molar-refractivity contribution >= 4 is 22.0 Å². The lowest BCUT2D eigenvalue weighted by Gasteiger charge is -2.02. The number of benzene rings is 2. The molecule has 0 aliphatic carbocycles. The third-order valence-corrected chi connectivity index (χ3v) is 5.39. The van der Waals surface area contributed by atoms with Gasteiger partial charge < -0.3 is 4.42 Å². The second-order valence-electron chi connectivity index (χ2n) is 5.77. The summed E-state index contributed by atoms with van der Waals surface area (Å²) in [6, 6.07) is 19.5. The summed E-state index contributed by atoms with van der Waals surface area (Å²) in [6.07, 6.45) is 1.42. The molecule has 1 amide bonds. The predicted molar refractivity (Wildman–Crippen MR) is 102 cm³/mol. The van der Waals surface area contributed by atoms with Gasteiger partial charge in [-0.1, -0.05) is 30.3 Å². The zero-order valence-electron chi connectivity index (χ0n) is 14.6. The van der Waals surface area contributed by atoms with Crippen LogP contribution in [0.15, 0.2) is 81.1 Å². The van der Waals surface area contributed by atoms with E-state index in [0.29, 0.717) is 11.1 Å². The predicted octanol–water partition coefficient (Wildman–Crippen LogP) is 2.89. The summed E-state index contributed by atoms with van der Waals surface area (Å²) in [4.78, 5) is 12.3. The minimum atomic E-state index is -3.56. The van der Waals surface area contributed by atoms with Crippen LogP contribution < -0.4 is 5.43 Å². The van der Waals surface area contributed by atoms with Crippen LogP contribution >= 0.6 is 0 Å². The van der Waals surface area contributed by atoms with Crippen LogP contribution in [-0.4, -0.2) is 20.5 Å². The van der Waals surface area contributed by atoms with Crippen molar-refractivity contribution in [3.05, 3.63) is 89.4 Å². The van der Waals surface area contributed by atoms with Crippen LogP contribution in [0.4, 0.5) is 0 Å². The number of rotatable bonds is 6. The van der Waals surface area contributed by atoms with Crippen LogP contribution in [0.3, 0.4) is 0 Å². The molecular weight excluding hydrogens is 378 g/mol. The van der Waals surface area contributed by atoms with E-state index in [1.807, 2.05) is 6.07 Å². The molecule has 140 valence electrons. The smallest absolute Gasteiger partial charge is 0.307 e. The van der Waals surface area contributed by atoms with Gasteiger partial charge in [-0.25, -0.2) is 13.8 Å². The Bertz CT molecular complexity index is 1140. The van der Waals surface area contributed by atoms with Gasteiger partial charge in [0, 0.05) is 0 Å². The van der Waals surface area contributed by atoms with Gasteiger partial charge in [0.15, 0.2) is 15.6 Å². The Morgan fingerprint density at radius 3 is 2.46 bits per heavy atom. The second kappa shape index (κ2) is 8.33. The lowest BCUT2D eigenvalue weighted by atomic mass is 10.2. The van der Waals surface area contributed by atoms with Crippen molar-refractivity contribution < 1.29 is 17.6 Å². The number of sulfone groups is 1. The summed E-state index contributed by atoms with van der Waals surface area (Å²) in [5, 5.41) is 12.6. The van der Waals surface area contributed by atoms with Gasteiger partial charge in [0.25, 0.3) is 0 Å². The van der Waals surface area contributed by atoms with Crippen molar-refractivity contribution in [2.45, 2.75) is 10.6 Å².